The zero-order valence-electron chi connectivity index (χ0n) is 10.1. The molecular formula is C13H21NS. The van der Waals surface area contributed by atoms with E-state index >= 15 is 0 Å². The molecule has 0 heterocycles. The van der Waals surface area contributed by atoms with Crippen LogP contribution in [0.4, 0.5) is 0 Å². The Kier molecular flexibility index (Phi) is 4.68. The van der Waals surface area contributed by atoms with Crippen molar-refractivity contribution >= 4 is 11.8 Å². The van der Waals surface area contributed by atoms with E-state index < -0.39 is 0 Å². The van der Waals surface area contributed by atoms with Gasteiger partial charge in [0.05, 0.1) is 0 Å². The van der Waals surface area contributed by atoms with E-state index in [4.69, 9.17) is 5.73 Å². The molecule has 0 aliphatic carbocycles. The Hall–Kier alpha value is -0.470. The van der Waals surface area contributed by atoms with E-state index in [1.165, 1.54) is 16.7 Å². The maximum absolute atomic E-state index is 6.19. The van der Waals surface area contributed by atoms with Gasteiger partial charge in [-0.15, -0.1) is 0 Å². The van der Waals surface area contributed by atoms with E-state index in [2.05, 4.69) is 45.9 Å². The highest BCUT2D eigenvalue weighted by Gasteiger charge is 2.10. The Labute approximate surface area is 97.4 Å². The smallest absolute Gasteiger partial charge is 0.0389 e. The van der Waals surface area contributed by atoms with Crippen molar-refractivity contribution in [2.24, 2.45) is 5.73 Å². The number of aryl methyl sites for hydroxylation is 1. The Morgan fingerprint density at radius 3 is 2.53 bits per heavy atom. The van der Waals surface area contributed by atoms with Crippen LogP contribution >= 0.6 is 11.8 Å². The van der Waals surface area contributed by atoms with Gasteiger partial charge < -0.3 is 5.73 Å². The molecule has 0 saturated carbocycles. The lowest BCUT2D eigenvalue weighted by molar-refractivity contribution is 0.818. The fraction of sp³-hybridized carbons (Fsp3) is 0.538. The predicted molar refractivity (Wildman–Crippen MR) is 70.4 cm³/mol. The summed E-state index contributed by atoms with van der Waals surface area (Å²) in [4.78, 5) is 0. The van der Waals surface area contributed by atoms with Crippen molar-refractivity contribution in [2.45, 2.75) is 39.0 Å². The standard InChI is InChI=1S/C13H21NS/c1-9(2)15-8-13(14)12-7-5-6-10(3)11(12)4/h5-7,9,13H,8,14H2,1-4H3. The van der Waals surface area contributed by atoms with Gasteiger partial charge in [-0.3, -0.25) is 0 Å². The summed E-state index contributed by atoms with van der Waals surface area (Å²) in [7, 11) is 0. The average molecular weight is 223 g/mol. The van der Waals surface area contributed by atoms with Crippen molar-refractivity contribution in [3.63, 3.8) is 0 Å². The quantitative estimate of drug-likeness (QED) is 0.846. The summed E-state index contributed by atoms with van der Waals surface area (Å²) in [5, 5.41) is 0.654. The van der Waals surface area contributed by atoms with Gasteiger partial charge in [0, 0.05) is 11.8 Å². The zero-order chi connectivity index (χ0) is 11.4. The van der Waals surface area contributed by atoms with Crippen LogP contribution in [0.2, 0.25) is 0 Å². The Balaban J connectivity index is 2.73. The van der Waals surface area contributed by atoms with Gasteiger partial charge in [-0.2, -0.15) is 11.8 Å². The van der Waals surface area contributed by atoms with Crippen molar-refractivity contribution < 1.29 is 0 Å². The van der Waals surface area contributed by atoms with E-state index in [0.717, 1.165) is 5.75 Å². The molecule has 2 heteroatoms. The molecule has 1 unspecified atom stereocenters. The Morgan fingerprint density at radius 2 is 1.93 bits per heavy atom. The molecule has 0 fully saturated rings. The van der Waals surface area contributed by atoms with Crippen LogP contribution in [-0.4, -0.2) is 11.0 Å². The first kappa shape index (κ1) is 12.6. The lowest BCUT2D eigenvalue weighted by Gasteiger charge is -2.16. The SMILES string of the molecule is Cc1cccc(C(N)CSC(C)C)c1C. The molecule has 84 valence electrons. The largest absolute Gasteiger partial charge is 0.323 e. The topological polar surface area (TPSA) is 26.0 Å². The molecule has 1 aromatic carbocycles. The highest BCUT2D eigenvalue weighted by Crippen LogP contribution is 2.23. The van der Waals surface area contributed by atoms with Crippen LogP contribution in [0.1, 0.15) is 36.6 Å². The lowest BCUT2D eigenvalue weighted by Crippen LogP contribution is -2.15. The third-order valence-electron chi connectivity index (χ3n) is 2.66. The van der Waals surface area contributed by atoms with Gasteiger partial charge in [0.15, 0.2) is 0 Å². The summed E-state index contributed by atoms with van der Waals surface area (Å²) < 4.78 is 0. The molecule has 1 nitrogen and oxygen atoms in total. The van der Waals surface area contributed by atoms with Gasteiger partial charge in [-0.1, -0.05) is 32.0 Å². The molecule has 0 aliphatic heterocycles. The average Bonchev–Trinajstić information content (AvgIpc) is 2.18. The fourth-order valence-corrected chi connectivity index (χ4v) is 2.33. The molecule has 1 aromatic rings. The second-order valence-corrected chi connectivity index (χ2v) is 5.89. The van der Waals surface area contributed by atoms with Crippen LogP contribution in [0.15, 0.2) is 18.2 Å². The monoisotopic (exact) mass is 223 g/mol. The first-order valence-electron chi connectivity index (χ1n) is 5.45. The third-order valence-corrected chi connectivity index (χ3v) is 3.87. The van der Waals surface area contributed by atoms with E-state index in [9.17, 15) is 0 Å². The number of thioether (sulfide) groups is 1. The summed E-state index contributed by atoms with van der Waals surface area (Å²) in [5.41, 5.74) is 10.2. The van der Waals surface area contributed by atoms with Crippen molar-refractivity contribution in [3.05, 3.63) is 34.9 Å². The van der Waals surface area contributed by atoms with Crippen LogP contribution < -0.4 is 5.73 Å². The molecule has 0 spiro atoms. The second kappa shape index (κ2) is 5.57. The van der Waals surface area contributed by atoms with Gasteiger partial charge >= 0.3 is 0 Å². The highest BCUT2D eigenvalue weighted by atomic mass is 32.2. The van der Waals surface area contributed by atoms with E-state index in [1.807, 2.05) is 11.8 Å². The number of hydrogen-bond acceptors (Lipinski definition) is 2. The van der Waals surface area contributed by atoms with Gasteiger partial charge in [-0.25, -0.2) is 0 Å². The Bertz CT molecular complexity index is 320. The van der Waals surface area contributed by atoms with Crippen LogP contribution in [0, 0.1) is 13.8 Å². The zero-order valence-corrected chi connectivity index (χ0v) is 10.9. The molecule has 1 atom stereocenters. The molecule has 0 amide bonds. The molecule has 0 aromatic heterocycles. The number of hydrogen-bond donors (Lipinski definition) is 1. The summed E-state index contributed by atoms with van der Waals surface area (Å²) in [6, 6.07) is 6.55. The molecule has 0 radical (unpaired) electrons. The molecule has 0 saturated heterocycles. The molecular weight excluding hydrogens is 202 g/mol. The van der Waals surface area contributed by atoms with Crippen LogP contribution in [0.5, 0.6) is 0 Å². The van der Waals surface area contributed by atoms with Crippen molar-refractivity contribution in [1.29, 1.82) is 0 Å². The van der Waals surface area contributed by atoms with Crippen LogP contribution in [-0.2, 0) is 0 Å². The molecule has 0 bridgehead atoms. The molecule has 1 rings (SSSR count). The van der Waals surface area contributed by atoms with E-state index in [1.54, 1.807) is 0 Å². The minimum atomic E-state index is 0.164. The highest BCUT2D eigenvalue weighted by molar-refractivity contribution is 7.99. The number of nitrogens with two attached hydrogens (primary N) is 1. The minimum Gasteiger partial charge on any atom is -0.323 e. The predicted octanol–water partition coefficient (Wildman–Crippen LogP) is 3.44. The van der Waals surface area contributed by atoms with Crippen LogP contribution in [0.25, 0.3) is 0 Å². The first-order chi connectivity index (χ1) is 7.02. The molecule has 0 aliphatic rings. The van der Waals surface area contributed by atoms with Gasteiger partial charge in [-0.05, 0) is 35.8 Å². The van der Waals surface area contributed by atoms with Crippen molar-refractivity contribution in [1.82, 2.24) is 0 Å². The summed E-state index contributed by atoms with van der Waals surface area (Å²) in [6.45, 7) is 8.71. The number of benzene rings is 1. The fourth-order valence-electron chi connectivity index (χ4n) is 1.56. The third kappa shape index (κ3) is 3.54. The lowest BCUT2D eigenvalue weighted by atomic mass is 9.99. The normalized spacial score (nSPS) is 13.2. The maximum atomic E-state index is 6.19. The summed E-state index contributed by atoms with van der Waals surface area (Å²) in [5.74, 6) is 1.00. The van der Waals surface area contributed by atoms with Crippen molar-refractivity contribution in [3.8, 4) is 0 Å². The van der Waals surface area contributed by atoms with E-state index in [0.29, 0.717) is 5.25 Å². The number of rotatable bonds is 4. The van der Waals surface area contributed by atoms with Crippen molar-refractivity contribution in [2.75, 3.05) is 5.75 Å². The van der Waals surface area contributed by atoms with E-state index in [-0.39, 0.29) is 6.04 Å². The molecule has 2 N–H and O–H groups in total. The van der Waals surface area contributed by atoms with Gasteiger partial charge in [0.1, 0.15) is 0 Å². The summed E-state index contributed by atoms with van der Waals surface area (Å²) in [6.07, 6.45) is 0. The second-order valence-electron chi connectivity index (χ2n) is 4.28. The first-order valence-corrected chi connectivity index (χ1v) is 6.50. The van der Waals surface area contributed by atoms with Crippen LogP contribution in [0.3, 0.4) is 0 Å². The maximum Gasteiger partial charge on any atom is 0.0389 e. The summed E-state index contributed by atoms with van der Waals surface area (Å²) >= 11 is 1.92. The Morgan fingerprint density at radius 1 is 1.27 bits per heavy atom. The van der Waals surface area contributed by atoms with Gasteiger partial charge in [0.2, 0.25) is 0 Å². The molecule has 15 heavy (non-hydrogen) atoms. The van der Waals surface area contributed by atoms with Gasteiger partial charge in [0.25, 0.3) is 0 Å². The minimum absolute atomic E-state index is 0.164.